The van der Waals surface area contributed by atoms with E-state index >= 15 is 0 Å². The van der Waals surface area contributed by atoms with Crippen LogP contribution in [0.15, 0.2) is 83.4 Å². The third kappa shape index (κ3) is 7.61. The number of pyridine rings is 1. The molecular formula is C28H30FN3O3S. The van der Waals surface area contributed by atoms with Gasteiger partial charge in [0, 0.05) is 23.7 Å². The predicted octanol–water partition coefficient (Wildman–Crippen LogP) is 7.68. The smallest absolute Gasteiger partial charge is 0.167 e. The van der Waals surface area contributed by atoms with Crippen molar-refractivity contribution >= 4 is 33.5 Å². The molecule has 0 saturated heterocycles. The van der Waals surface area contributed by atoms with E-state index in [0.29, 0.717) is 39.0 Å². The van der Waals surface area contributed by atoms with Crippen molar-refractivity contribution < 1.29 is 18.6 Å². The fraction of sp³-hybridized carbons (Fsp3) is 0.214. The molecule has 2 aromatic carbocycles. The number of thioether (sulfide) groups is 1. The minimum atomic E-state index is -0.557. The molecule has 0 atom stereocenters. The Morgan fingerprint density at radius 1 is 0.972 bits per heavy atom. The number of aliphatic imine (C=N–C) groups is 1. The van der Waals surface area contributed by atoms with Crippen LogP contribution >= 0.6 is 11.8 Å². The zero-order valence-corrected chi connectivity index (χ0v) is 21.4. The number of nitrogens with zero attached hydrogens (tertiary/aromatic N) is 2. The van der Waals surface area contributed by atoms with E-state index in [2.05, 4.69) is 34.3 Å². The van der Waals surface area contributed by atoms with Crippen LogP contribution in [0.3, 0.4) is 0 Å². The Morgan fingerprint density at radius 2 is 1.75 bits per heavy atom. The molecule has 0 radical (unpaired) electrons. The lowest BCUT2D eigenvalue weighted by molar-refractivity contribution is 0.355. The minimum absolute atomic E-state index is 0.0589. The van der Waals surface area contributed by atoms with Gasteiger partial charge in [-0.3, -0.25) is 4.98 Å². The molecule has 0 saturated carbocycles. The second-order valence-electron chi connectivity index (χ2n) is 7.54. The average molecular weight is 508 g/mol. The van der Waals surface area contributed by atoms with Gasteiger partial charge in [-0.05, 0) is 55.9 Å². The monoisotopic (exact) mass is 507 g/mol. The molecule has 0 bridgehead atoms. The molecule has 0 aliphatic heterocycles. The molecule has 3 aromatic rings. The molecule has 0 aliphatic rings. The Morgan fingerprint density at radius 3 is 2.50 bits per heavy atom. The van der Waals surface area contributed by atoms with E-state index in [-0.39, 0.29) is 5.75 Å². The van der Waals surface area contributed by atoms with Crippen LogP contribution in [0, 0.1) is 5.82 Å². The summed E-state index contributed by atoms with van der Waals surface area (Å²) in [6.45, 7) is 2.02. The first-order valence-corrected chi connectivity index (χ1v) is 12.3. The van der Waals surface area contributed by atoms with E-state index in [0.717, 1.165) is 19.3 Å². The highest BCUT2D eigenvalue weighted by molar-refractivity contribution is 8.16. The number of amidine groups is 1. The topological polar surface area (TPSA) is 79.0 Å². The third-order valence-electron chi connectivity index (χ3n) is 5.04. The van der Waals surface area contributed by atoms with Crippen molar-refractivity contribution in [2.24, 2.45) is 10.7 Å². The number of rotatable bonds is 11. The molecule has 0 amide bonds. The van der Waals surface area contributed by atoms with E-state index in [1.807, 2.05) is 18.4 Å². The standard InChI is InChI=1S/C28H30FN3O3S/c1-4-5-6-7-8-9-10-11-16-36-28(30)32-20-12-13-25(22(29)17-20)35-24-14-15-31-23-19-27(34-3)26(33-2)18-21(23)24/h4-5,8-9,11-19H,6-7,10H2,1-3H3,(H2,30,32)/b5-4-,9-8-,16-11+. The number of ether oxygens (including phenoxy) is 3. The van der Waals surface area contributed by atoms with Crippen molar-refractivity contribution in [1.29, 1.82) is 0 Å². The van der Waals surface area contributed by atoms with Crippen molar-refractivity contribution in [3.8, 4) is 23.0 Å². The maximum Gasteiger partial charge on any atom is 0.167 e. The minimum Gasteiger partial charge on any atom is -0.493 e. The average Bonchev–Trinajstić information content (AvgIpc) is 2.88. The van der Waals surface area contributed by atoms with Gasteiger partial charge in [-0.25, -0.2) is 9.38 Å². The van der Waals surface area contributed by atoms with Gasteiger partial charge < -0.3 is 19.9 Å². The molecule has 0 fully saturated rings. The summed E-state index contributed by atoms with van der Waals surface area (Å²) in [6, 6.07) is 9.61. The number of fused-ring (bicyclic) bond motifs is 1. The molecule has 2 N–H and O–H groups in total. The first-order chi connectivity index (χ1) is 17.5. The summed E-state index contributed by atoms with van der Waals surface area (Å²) < 4.78 is 31.4. The van der Waals surface area contributed by atoms with E-state index in [9.17, 15) is 4.39 Å². The SMILES string of the molecule is C/C=C\CC/C=C\C/C=C/SC(N)=Nc1ccc(Oc2ccnc3cc(OC)c(OC)cc23)c(F)c1. The normalized spacial score (nSPS) is 12.3. The third-order valence-corrected chi connectivity index (χ3v) is 5.70. The first kappa shape index (κ1) is 26.8. The Balaban J connectivity index is 1.65. The van der Waals surface area contributed by atoms with E-state index in [1.165, 1.54) is 23.9 Å². The zero-order chi connectivity index (χ0) is 25.8. The van der Waals surface area contributed by atoms with Gasteiger partial charge in [-0.1, -0.05) is 42.1 Å². The molecule has 1 heterocycles. The van der Waals surface area contributed by atoms with Crippen LogP contribution < -0.4 is 19.9 Å². The van der Waals surface area contributed by atoms with Crippen molar-refractivity contribution in [2.45, 2.75) is 26.2 Å². The van der Waals surface area contributed by atoms with Crippen molar-refractivity contribution in [3.63, 3.8) is 0 Å². The molecule has 6 nitrogen and oxygen atoms in total. The Labute approximate surface area is 215 Å². The number of methoxy groups -OCH3 is 2. The van der Waals surface area contributed by atoms with Crippen LogP contribution in [-0.2, 0) is 0 Å². The van der Waals surface area contributed by atoms with Crippen LogP contribution in [0.2, 0.25) is 0 Å². The zero-order valence-electron chi connectivity index (χ0n) is 20.6. The van der Waals surface area contributed by atoms with Gasteiger partial charge in [0.15, 0.2) is 28.2 Å². The summed E-state index contributed by atoms with van der Waals surface area (Å²) in [5.41, 5.74) is 7.01. The van der Waals surface area contributed by atoms with Crippen molar-refractivity contribution in [1.82, 2.24) is 4.98 Å². The number of aromatic nitrogens is 1. The molecule has 36 heavy (non-hydrogen) atoms. The number of hydrogen-bond donors (Lipinski definition) is 1. The number of benzene rings is 2. The summed E-state index contributed by atoms with van der Waals surface area (Å²) in [7, 11) is 3.10. The van der Waals surface area contributed by atoms with Crippen LogP contribution in [0.1, 0.15) is 26.2 Å². The number of unbranched alkanes of at least 4 members (excludes halogenated alkanes) is 1. The summed E-state index contributed by atoms with van der Waals surface area (Å²) in [6.07, 6.45) is 14.9. The lowest BCUT2D eigenvalue weighted by atomic mass is 10.2. The largest absolute Gasteiger partial charge is 0.493 e. The fourth-order valence-electron chi connectivity index (χ4n) is 3.28. The number of halogens is 1. The van der Waals surface area contributed by atoms with E-state index in [1.54, 1.807) is 44.7 Å². The lowest BCUT2D eigenvalue weighted by Crippen LogP contribution is -2.04. The molecule has 1 aromatic heterocycles. The second kappa shape index (κ2) is 13.9. The van der Waals surface area contributed by atoms with Crippen LogP contribution in [-0.4, -0.2) is 24.4 Å². The quantitative estimate of drug-likeness (QED) is 0.124. The number of nitrogens with two attached hydrogens (primary N) is 1. The van der Waals surface area contributed by atoms with Crippen LogP contribution in [0.4, 0.5) is 10.1 Å². The second-order valence-corrected chi connectivity index (χ2v) is 8.47. The first-order valence-electron chi connectivity index (χ1n) is 11.5. The Kier molecular flexibility index (Phi) is 10.4. The Hall–Kier alpha value is -3.78. The molecule has 3 rings (SSSR count). The Bertz CT molecular complexity index is 1290. The van der Waals surface area contributed by atoms with E-state index < -0.39 is 5.82 Å². The summed E-state index contributed by atoms with van der Waals surface area (Å²) in [5, 5.41) is 2.86. The molecule has 0 spiro atoms. The highest BCUT2D eigenvalue weighted by Gasteiger charge is 2.13. The van der Waals surface area contributed by atoms with Crippen LogP contribution in [0.25, 0.3) is 10.9 Å². The molecule has 188 valence electrons. The maximum atomic E-state index is 14.8. The van der Waals surface area contributed by atoms with Gasteiger partial charge in [-0.15, -0.1) is 0 Å². The summed E-state index contributed by atoms with van der Waals surface area (Å²) in [5.74, 6) is 1.01. The molecule has 0 unspecified atom stereocenters. The maximum absolute atomic E-state index is 14.8. The highest BCUT2D eigenvalue weighted by Crippen LogP contribution is 2.37. The molecule has 8 heteroatoms. The van der Waals surface area contributed by atoms with Gasteiger partial charge in [0.05, 0.1) is 25.4 Å². The summed E-state index contributed by atoms with van der Waals surface area (Å²) in [4.78, 5) is 8.61. The van der Waals surface area contributed by atoms with Gasteiger partial charge in [-0.2, -0.15) is 0 Å². The molecular weight excluding hydrogens is 477 g/mol. The van der Waals surface area contributed by atoms with Gasteiger partial charge in [0.25, 0.3) is 0 Å². The molecule has 0 aliphatic carbocycles. The number of hydrogen-bond acceptors (Lipinski definition) is 6. The van der Waals surface area contributed by atoms with Crippen molar-refractivity contribution in [3.05, 3.63) is 84.2 Å². The van der Waals surface area contributed by atoms with Gasteiger partial charge >= 0.3 is 0 Å². The van der Waals surface area contributed by atoms with Gasteiger partial charge in [0.2, 0.25) is 0 Å². The highest BCUT2D eigenvalue weighted by atomic mass is 32.2. The van der Waals surface area contributed by atoms with Crippen LogP contribution in [0.5, 0.6) is 23.0 Å². The predicted molar refractivity (Wildman–Crippen MR) is 147 cm³/mol. The lowest BCUT2D eigenvalue weighted by Gasteiger charge is -2.12. The number of allylic oxidation sites excluding steroid dienone is 5. The van der Waals surface area contributed by atoms with Gasteiger partial charge in [0.1, 0.15) is 5.75 Å². The fourth-order valence-corrected chi connectivity index (χ4v) is 3.78. The summed E-state index contributed by atoms with van der Waals surface area (Å²) >= 11 is 1.28. The van der Waals surface area contributed by atoms with E-state index in [4.69, 9.17) is 19.9 Å². The van der Waals surface area contributed by atoms with Crippen molar-refractivity contribution in [2.75, 3.05) is 14.2 Å².